The second kappa shape index (κ2) is 8.46. The van der Waals surface area contributed by atoms with Crippen LogP contribution in [0.25, 0.3) is 10.2 Å². The Morgan fingerprint density at radius 3 is 2.48 bits per heavy atom. The number of amides is 1. The van der Waals surface area contributed by atoms with Gasteiger partial charge in [-0.2, -0.15) is 9.30 Å². The molecule has 2 aromatic carbocycles. The molecule has 10 heteroatoms. The van der Waals surface area contributed by atoms with Gasteiger partial charge >= 0.3 is 0 Å². The third-order valence-corrected chi connectivity index (χ3v) is 8.72. The predicted molar refractivity (Wildman–Crippen MR) is 119 cm³/mol. The van der Waals surface area contributed by atoms with Crippen molar-refractivity contribution in [2.24, 2.45) is 18.0 Å². The molecule has 0 aliphatic carbocycles. The number of carbonyl (C=O) groups is 1. The average molecular weight is 482 g/mol. The van der Waals surface area contributed by atoms with Crippen molar-refractivity contribution in [1.82, 2.24) is 8.87 Å². The number of nitrogens with zero attached hydrogens (tertiary/aromatic N) is 3. The van der Waals surface area contributed by atoms with Crippen LogP contribution in [-0.4, -0.2) is 36.3 Å². The minimum absolute atomic E-state index is 0.0506. The number of hydrogen-bond donors (Lipinski definition) is 0. The van der Waals surface area contributed by atoms with Crippen LogP contribution in [-0.2, 0) is 21.9 Å². The summed E-state index contributed by atoms with van der Waals surface area (Å²) in [6.45, 7) is 2.40. The smallest absolute Gasteiger partial charge is 0.251 e. The van der Waals surface area contributed by atoms with Gasteiger partial charge in [-0.1, -0.05) is 22.9 Å². The first kappa shape index (κ1) is 22.1. The molecule has 0 atom stereocenters. The molecule has 1 amide bonds. The van der Waals surface area contributed by atoms with Gasteiger partial charge in [-0.15, -0.1) is 0 Å². The highest BCUT2D eigenvalue weighted by atomic mass is 35.5. The molecular weight excluding hydrogens is 461 g/mol. The van der Waals surface area contributed by atoms with Gasteiger partial charge in [0.15, 0.2) is 4.80 Å². The fourth-order valence-electron chi connectivity index (χ4n) is 3.86. The van der Waals surface area contributed by atoms with E-state index in [1.165, 1.54) is 27.8 Å². The number of halogens is 2. The molecule has 1 saturated heterocycles. The van der Waals surface area contributed by atoms with Crippen LogP contribution in [0.15, 0.2) is 46.3 Å². The Morgan fingerprint density at radius 1 is 1.19 bits per heavy atom. The van der Waals surface area contributed by atoms with E-state index in [0.29, 0.717) is 22.7 Å². The lowest BCUT2D eigenvalue weighted by Gasteiger charge is -2.29. The first-order chi connectivity index (χ1) is 14.7. The number of piperidine rings is 1. The Hall–Kier alpha value is -2.07. The molecule has 31 heavy (non-hydrogen) atoms. The number of carbonyl (C=O) groups excluding carboxylic acids is 1. The molecule has 4 rings (SSSR count). The predicted octanol–water partition coefficient (Wildman–Crippen LogP) is 3.87. The van der Waals surface area contributed by atoms with Crippen molar-refractivity contribution in [2.45, 2.75) is 24.7 Å². The SMILES string of the molecule is Cc1cc(Cl)cc2sc(=NC(=O)C3CCN(S(=O)(=O)c4ccc(F)cc4)CC3)n(C)c12. The minimum atomic E-state index is -3.71. The van der Waals surface area contributed by atoms with E-state index in [4.69, 9.17) is 11.6 Å². The fourth-order valence-corrected chi connectivity index (χ4v) is 6.81. The number of benzene rings is 2. The van der Waals surface area contributed by atoms with Gasteiger partial charge < -0.3 is 4.57 Å². The number of sulfonamides is 1. The van der Waals surface area contributed by atoms with E-state index in [1.807, 2.05) is 30.7 Å². The summed E-state index contributed by atoms with van der Waals surface area (Å²) in [6, 6.07) is 8.50. The van der Waals surface area contributed by atoms with E-state index in [9.17, 15) is 17.6 Å². The van der Waals surface area contributed by atoms with Crippen molar-refractivity contribution >= 4 is 49.1 Å². The van der Waals surface area contributed by atoms with Gasteiger partial charge in [0.25, 0.3) is 5.91 Å². The van der Waals surface area contributed by atoms with Crippen LogP contribution in [0.3, 0.4) is 0 Å². The summed E-state index contributed by atoms with van der Waals surface area (Å²) in [6.07, 6.45) is 0.782. The van der Waals surface area contributed by atoms with Gasteiger partial charge in [-0.3, -0.25) is 4.79 Å². The Kier molecular flexibility index (Phi) is 6.04. The van der Waals surface area contributed by atoms with E-state index in [-0.39, 0.29) is 29.8 Å². The number of rotatable bonds is 3. The second-order valence-corrected chi connectivity index (χ2v) is 11.0. The summed E-state index contributed by atoms with van der Waals surface area (Å²) in [5.41, 5.74) is 2.00. The van der Waals surface area contributed by atoms with Crippen LogP contribution >= 0.6 is 22.9 Å². The zero-order valence-electron chi connectivity index (χ0n) is 17.0. The lowest BCUT2D eigenvalue weighted by molar-refractivity contribution is -0.122. The van der Waals surface area contributed by atoms with Crippen molar-refractivity contribution in [3.63, 3.8) is 0 Å². The largest absolute Gasteiger partial charge is 0.319 e. The van der Waals surface area contributed by atoms with Gasteiger partial charge in [0, 0.05) is 31.1 Å². The van der Waals surface area contributed by atoms with E-state index in [1.54, 1.807) is 0 Å². The summed E-state index contributed by atoms with van der Waals surface area (Å²) in [5, 5.41) is 0.638. The van der Waals surface area contributed by atoms with E-state index < -0.39 is 15.8 Å². The fraction of sp³-hybridized carbons (Fsp3) is 0.333. The average Bonchev–Trinajstić information content (AvgIpc) is 3.03. The minimum Gasteiger partial charge on any atom is -0.319 e. The van der Waals surface area contributed by atoms with Crippen LogP contribution in [0, 0.1) is 18.7 Å². The maximum Gasteiger partial charge on any atom is 0.251 e. The summed E-state index contributed by atoms with van der Waals surface area (Å²) in [4.78, 5) is 17.8. The maximum absolute atomic E-state index is 13.1. The van der Waals surface area contributed by atoms with Crippen LogP contribution in [0.4, 0.5) is 4.39 Å². The second-order valence-electron chi connectivity index (χ2n) is 7.60. The molecule has 3 aromatic rings. The van der Waals surface area contributed by atoms with Crippen molar-refractivity contribution in [3.8, 4) is 0 Å². The molecule has 1 aliphatic heterocycles. The van der Waals surface area contributed by atoms with E-state index in [2.05, 4.69) is 4.99 Å². The highest BCUT2D eigenvalue weighted by Crippen LogP contribution is 2.27. The van der Waals surface area contributed by atoms with E-state index >= 15 is 0 Å². The molecule has 0 saturated carbocycles. The third-order valence-electron chi connectivity index (χ3n) is 5.51. The molecule has 0 unspecified atom stereocenters. The van der Waals surface area contributed by atoms with Crippen molar-refractivity contribution in [1.29, 1.82) is 0 Å². The van der Waals surface area contributed by atoms with Crippen molar-refractivity contribution < 1.29 is 17.6 Å². The monoisotopic (exact) mass is 481 g/mol. The van der Waals surface area contributed by atoms with Crippen LogP contribution in [0.2, 0.25) is 5.02 Å². The Morgan fingerprint density at radius 2 is 1.84 bits per heavy atom. The van der Waals surface area contributed by atoms with Crippen LogP contribution in [0.1, 0.15) is 18.4 Å². The van der Waals surface area contributed by atoms with Crippen molar-refractivity contribution in [3.05, 3.63) is 57.6 Å². The Balaban J connectivity index is 1.51. The first-order valence-electron chi connectivity index (χ1n) is 9.77. The summed E-state index contributed by atoms with van der Waals surface area (Å²) >= 11 is 7.54. The third kappa shape index (κ3) is 4.32. The quantitative estimate of drug-likeness (QED) is 0.570. The van der Waals surface area contributed by atoms with Gasteiger partial charge in [0.05, 0.1) is 15.1 Å². The normalized spacial score (nSPS) is 16.8. The van der Waals surface area contributed by atoms with Gasteiger partial charge in [-0.05, 0) is 61.7 Å². The zero-order valence-corrected chi connectivity index (χ0v) is 19.4. The van der Waals surface area contributed by atoms with Gasteiger partial charge in [0.2, 0.25) is 10.0 Å². The van der Waals surface area contributed by atoms with Gasteiger partial charge in [-0.25, -0.2) is 12.8 Å². The summed E-state index contributed by atoms with van der Waals surface area (Å²) < 4.78 is 42.8. The maximum atomic E-state index is 13.1. The number of aryl methyl sites for hydroxylation is 2. The van der Waals surface area contributed by atoms with Crippen LogP contribution in [0.5, 0.6) is 0 Å². The number of fused-ring (bicyclic) bond motifs is 1. The topological polar surface area (TPSA) is 71.7 Å². The number of thiazole rings is 1. The molecule has 1 aromatic heterocycles. The lowest BCUT2D eigenvalue weighted by Crippen LogP contribution is -2.40. The Bertz CT molecular complexity index is 1320. The molecule has 0 spiro atoms. The lowest BCUT2D eigenvalue weighted by atomic mass is 9.98. The highest BCUT2D eigenvalue weighted by molar-refractivity contribution is 7.89. The molecular formula is C21H21ClFN3O3S2. The standard InChI is InChI=1S/C21H21ClFN3O3S2/c1-13-11-15(22)12-18-19(13)25(2)21(30-18)24-20(27)14-7-9-26(10-8-14)31(28,29)17-5-3-16(23)4-6-17/h3-6,11-12,14H,7-10H2,1-2H3. The molecule has 1 aliphatic rings. The molecule has 0 N–H and O–H groups in total. The van der Waals surface area contributed by atoms with E-state index in [0.717, 1.165) is 27.9 Å². The molecule has 0 bridgehead atoms. The summed E-state index contributed by atoms with van der Waals surface area (Å²) in [5.74, 6) is -1.07. The molecule has 2 heterocycles. The molecule has 6 nitrogen and oxygen atoms in total. The van der Waals surface area contributed by atoms with Gasteiger partial charge in [0.1, 0.15) is 5.82 Å². The highest BCUT2D eigenvalue weighted by Gasteiger charge is 2.32. The van der Waals surface area contributed by atoms with Crippen LogP contribution < -0.4 is 4.80 Å². The zero-order chi connectivity index (χ0) is 22.3. The summed E-state index contributed by atoms with van der Waals surface area (Å²) in [7, 11) is -1.84. The number of aromatic nitrogens is 1. The molecule has 0 radical (unpaired) electrons. The first-order valence-corrected chi connectivity index (χ1v) is 12.4. The Labute approximate surface area is 188 Å². The number of hydrogen-bond acceptors (Lipinski definition) is 4. The molecule has 1 fully saturated rings. The molecule has 164 valence electrons. The van der Waals surface area contributed by atoms with Crippen molar-refractivity contribution in [2.75, 3.05) is 13.1 Å².